The molecule has 0 aliphatic heterocycles. The van der Waals surface area contributed by atoms with E-state index in [-0.39, 0.29) is 22.6 Å². The van der Waals surface area contributed by atoms with Gasteiger partial charge in [0, 0.05) is 5.56 Å². The van der Waals surface area contributed by atoms with Gasteiger partial charge in [-0.25, -0.2) is 4.79 Å². The van der Waals surface area contributed by atoms with E-state index in [1.165, 1.54) is 31.4 Å². The first-order valence-electron chi connectivity index (χ1n) is 7.36. The molecule has 0 aliphatic rings. The Hall–Kier alpha value is -2.49. The van der Waals surface area contributed by atoms with Crippen molar-refractivity contribution in [1.82, 2.24) is 0 Å². The minimum absolute atomic E-state index is 0.0871. The predicted octanol–water partition coefficient (Wildman–Crippen LogP) is 4.50. The fourth-order valence-corrected chi connectivity index (χ4v) is 1.96. The number of hydrogen-bond acceptors (Lipinski definition) is 3. The monoisotopic (exact) mass is 302 g/mol. The summed E-state index contributed by atoms with van der Waals surface area (Å²) in [7, 11) is 0. The van der Waals surface area contributed by atoms with Crippen LogP contribution in [0.3, 0.4) is 0 Å². The third-order valence-corrected chi connectivity index (χ3v) is 3.12. The maximum absolute atomic E-state index is 11.1. The number of allylic oxidation sites excluding steroid dienone is 5. The van der Waals surface area contributed by atoms with Gasteiger partial charge in [0.25, 0.3) is 0 Å². The van der Waals surface area contributed by atoms with Crippen LogP contribution in [-0.2, 0) is 0 Å². The van der Waals surface area contributed by atoms with Crippen molar-refractivity contribution in [2.24, 2.45) is 0 Å². The van der Waals surface area contributed by atoms with Crippen LogP contribution in [-0.4, -0.2) is 21.3 Å². The smallest absolute Gasteiger partial charge is 0.340 e. The lowest BCUT2D eigenvalue weighted by atomic mass is 10.0. The van der Waals surface area contributed by atoms with E-state index in [1.807, 2.05) is 12.2 Å². The minimum atomic E-state index is -1.28. The highest BCUT2D eigenvalue weighted by Gasteiger charge is 2.16. The summed E-state index contributed by atoms with van der Waals surface area (Å²) >= 11 is 0. The van der Waals surface area contributed by atoms with Gasteiger partial charge in [0.15, 0.2) is 0 Å². The molecule has 22 heavy (non-hydrogen) atoms. The lowest BCUT2D eigenvalue weighted by Crippen LogP contribution is -2.00. The summed E-state index contributed by atoms with van der Waals surface area (Å²) in [4.78, 5) is 11.1. The summed E-state index contributed by atoms with van der Waals surface area (Å²) in [6.07, 6.45) is 15.3. The van der Waals surface area contributed by atoms with Gasteiger partial charge in [-0.2, -0.15) is 0 Å². The van der Waals surface area contributed by atoms with E-state index >= 15 is 0 Å². The number of carboxylic acids is 1. The van der Waals surface area contributed by atoms with Crippen LogP contribution in [0.2, 0.25) is 0 Å². The highest BCUT2D eigenvalue weighted by atomic mass is 16.4. The van der Waals surface area contributed by atoms with Crippen LogP contribution in [0.1, 0.15) is 48.5 Å². The van der Waals surface area contributed by atoms with Crippen LogP contribution in [0.15, 0.2) is 42.5 Å². The van der Waals surface area contributed by atoms with Crippen LogP contribution < -0.4 is 0 Å². The van der Waals surface area contributed by atoms with Gasteiger partial charge in [0.1, 0.15) is 17.1 Å². The first kappa shape index (κ1) is 17.6. The zero-order valence-electron chi connectivity index (χ0n) is 12.7. The normalized spacial score (nSPS) is 11.9. The molecule has 0 saturated heterocycles. The quantitative estimate of drug-likeness (QED) is 0.375. The average molecular weight is 302 g/mol. The number of unbranched alkanes of at least 4 members (excludes halogenated alkanes) is 3. The lowest BCUT2D eigenvalue weighted by Gasteiger charge is -2.05. The van der Waals surface area contributed by atoms with Crippen molar-refractivity contribution in [2.45, 2.75) is 32.6 Å². The zero-order chi connectivity index (χ0) is 16.4. The van der Waals surface area contributed by atoms with E-state index in [0.717, 1.165) is 12.5 Å². The van der Waals surface area contributed by atoms with Gasteiger partial charge in [-0.3, -0.25) is 0 Å². The van der Waals surface area contributed by atoms with Crippen molar-refractivity contribution in [3.63, 3.8) is 0 Å². The van der Waals surface area contributed by atoms with Crippen molar-refractivity contribution in [2.75, 3.05) is 0 Å². The minimum Gasteiger partial charge on any atom is -0.507 e. The largest absolute Gasteiger partial charge is 0.507 e. The first-order valence-corrected chi connectivity index (χ1v) is 7.36. The Kier molecular flexibility index (Phi) is 7.54. The molecule has 3 N–H and O–H groups in total. The number of benzene rings is 1. The Morgan fingerprint density at radius 3 is 2.41 bits per heavy atom. The summed E-state index contributed by atoms with van der Waals surface area (Å²) in [6.45, 7) is 2.16. The van der Waals surface area contributed by atoms with Gasteiger partial charge < -0.3 is 15.3 Å². The summed E-state index contributed by atoms with van der Waals surface area (Å²) < 4.78 is 0. The molecule has 0 spiro atoms. The molecule has 0 saturated carbocycles. The second kappa shape index (κ2) is 9.45. The van der Waals surface area contributed by atoms with Crippen LogP contribution >= 0.6 is 0 Å². The Labute approximate surface area is 130 Å². The standard InChI is InChI=1S/C18H22O4/c1-2-3-4-5-6-7-8-9-10-11-14-15(19)12-13-16(20)17(14)18(21)22/h6-13,19-20H,2-5H2,1H3,(H,21,22)/b7-6+,9-8+,11-10-. The highest BCUT2D eigenvalue weighted by Crippen LogP contribution is 2.30. The number of carboxylic acid groups (broad SMARTS) is 1. The van der Waals surface area contributed by atoms with Crippen molar-refractivity contribution >= 4 is 12.0 Å². The molecule has 1 aromatic carbocycles. The van der Waals surface area contributed by atoms with E-state index < -0.39 is 5.97 Å². The summed E-state index contributed by atoms with van der Waals surface area (Å²) in [5.74, 6) is -1.84. The Bertz CT molecular complexity index is 583. The average Bonchev–Trinajstić information content (AvgIpc) is 2.48. The number of carbonyl (C=O) groups is 1. The van der Waals surface area contributed by atoms with Gasteiger partial charge in [-0.15, -0.1) is 0 Å². The van der Waals surface area contributed by atoms with E-state index in [0.29, 0.717) is 0 Å². The molecule has 0 unspecified atom stereocenters. The van der Waals surface area contributed by atoms with Crippen LogP contribution in [0.4, 0.5) is 0 Å². The zero-order valence-corrected chi connectivity index (χ0v) is 12.7. The van der Waals surface area contributed by atoms with Gasteiger partial charge in [0.05, 0.1) is 0 Å². The van der Waals surface area contributed by atoms with Crippen LogP contribution in [0.5, 0.6) is 11.5 Å². The van der Waals surface area contributed by atoms with E-state index in [9.17, 15) is 15.0 Å². The van der Waals surface area contributed by atoms with Gasteiger partial charge >= 0.3 is 5.97 Å². The Balaban J connectivity index is 2.71. The lowest BCUT2D eigenvalue weighted by molar-refractivity contribution is 0.0693. The second-order valence-electron chi connectivity index (χ2n) is 4.87. The third kappa shape index (κ3) is 5.48. The Morgan fingerprint density at radius 1 is 1.05 bits per heavy atom. The molecular weight excluding hydrogens is 280 g/mol. The molecule has 0 amide bonds. The first-order chi connectivity index (χ1) is 10.6. The van der Waals surface area contributed by atoms with Crippen molar-refractivity contribution < 1.29 is 20.1 Å². The molecule has 4 heteroatoms. The number of hydrogen-bond donors (Lipinski definition) is 3. The molecule has 0 atom stereocenters. The van der Waals surface area contributed by atoms with E-state index in [2.05, 4.69) is 13.0 Å². The molecule has 1 rings (SSSR count). The van der Waals surface area contributed by atoms with Crippen molar-refractivity contribution in [3.05, 3.63) is 53.6 Å². The fraction of sp³-hybridized carbons (Fsp3) is 0.278. The molecule has 0 aliphatic carbocycles. The SMILES string of the molecule is CCCCC/C=C/C=C/C=C\c1c(O)ccc(O)c1C(=O)O. The fourth-order valence-electron chi connectivity index (χ4n) is 1.96. The van der Waals surface area contributed by atoms with Crippen LogP contribution in [0, 0.1) is 0 Å². The molecule has 0 bridgehead atoms. The number of rotatable bonds is 8. The molecular formula is C18H22O4. The van der Waals surface area contributed by atoms with Gasteiger partial charge in [-0.1, -0.05) is 56.2 Å². The van der Waals surface area contributed by atoms with E-state index in [4.69, 9.17) is 5.11 Å². The molecule has 4 nitrogen and oxygen atoms in total. The van der Waals surface area contributed by atoms with Crippen LogP contribution in [0.25, 0.3) is 6.08 Å². The summed E-state index contributed by atoms with van der Waals surface area (Å²) in [5.41, 5.74) is -0.219. The molecule has 0 fully saturated rings. The van der Waals surface area contributed by atoms with Gasteiger partial charge in [0.2, 0.25) is 0 Å². The topological polar surface area (TPSA) is 77.8 Å². The predicted molar refractivity (Wildman–Crippen MR) is 88.2 cm³/mol. The highest BCUT2D eigenvalue weighted by molar-refractivity contribution is 5.96. The molecule has 118 valence electrons. The van der Waals surface area contributed by atoms with Crippen molar-refractivity contribution in [1.29, 1.82) is 0 Å². The number of phenols is 2. The maximum atomic E-state index is 11.1. The van der Waals surface area contributed by atoms with Gasteiger partial charge in [-0.05, 0) is 25.0 Å². The molecule has 0 radical (unpaired) electrons. The van der Waals surface area contributed by atoms with Crippen molar-refractivity contribution in [3.8, 4) is 11.5 Å². The summed E-state index contributed by atoms with van der Waals surface area (Å²) in [6, 6.07) is 2.42. The number of aromatic carboxylic acids is 1. The molecule has 0 heterocycles. The second-order valence-corrected chi connectivity index (χ2v) is 4.87. The maximum Gasteiger partial charge on any atom is 0.340 e. The third-order valence-electron chi connectivity index (χ3n) is 3.12. The Morgan fingerprint density at radius 2 is 1.73 bits per heavy atom. The molecule has 0 aromatic heterocycles. The summed E-state index contributed by atoms with van der Waals surface area (Å²) in [5, 5.41) is 28.4. The molecule has 1 aromatic rings. The number of aromatic hydroxyl groups is 2. The number of phenolic OH excluding ortho intramolecular Hbond substituents is 1. The van der Waals surface area contributed by atoms with E-state index in [1.54, 1.807) is 12.2 Å².